The first-order valence-electron chi connectivity index (χ1n) is 9.17. The highest BCUT2D eigenvalue weighted by Crippen LogP contribution is 2.29. The number of rotatable bonds is 4. The SMILES string of the molecule is N#Cc1nc(-c2ccco2)oc1N1CCN(C(=O)/C=C/c2cccc(Cl)c2Cl)CC1. The fourth-order valence-electron chi connectivity index (χ4n) is 3.15. The van der Waals surface area contributed by atoms with Crippen LogP contribution in [0.3, 0.4) is 0 Å². The maximum atomic E-state index is 12.5. The van der Waals surface area contributed by atoms with Gasteiger partial charge in [-0.1, -0.05) is 35.3 Å². The van der Waals surface area contributed by atoms with Crippen LogP contribution in [-0.2, 0) is 4.79 Å². The van der Waals surface area contributed by atoms with E-state index < -0.39 is 0 Å². The predicted molar refractivity (Wildman–Crippen MR) is 113 cm³/mol. The van der Waals surface area contributed by atoms with Crippen molar-refractivity contribution in [3.63, 3.8) is 0 Å². The van der Waals surface area contributed by atoms with Gasteiger partial charge in [-0.3, -0.25) is 4.79 Å². The molecular weight excluding hydrogens is 427 g/mol. The molecule has 1 aliphatic rings. The van der Waals surface area contributed by atoms with E-state index in [0.29, 0.717) is 53.4 Å². The Morgan fingerprint density at radius 3 is 2.67 bits per heavy atom. The summed E-state index contributed by atoms with van der Waals surface area (Å²) in [6.45, 7) is 1.99. The van der Waals surface area contributed by atoms with Gasteiger partial charge in [-0.25, -0.2) is 0 Å². The zero-order valence-electron chi connectivity index (χ0n) is 15.7. The zero-order chi connectivity index (χ0) is 21.1. The average molecular weight is 443 g/mol. The summed E-state index contributed by atoms with van der Waals surface area (Å²) < 4.78 is 11.1. The molecule has 0 N–H and O–H groups in total. The molecule has 0 atom stereocenters. The third-order valence-electron chi connectivity index (χ3n) is 4.71. The van der Waals surface area contributed by atoms with Crippen LogP contribution >= 0.6 is 23.2 Å². The number of oxazole rings is 1. The van der Waals surface area contributed by atoms with Crippen molar-refractivity contribution in [3.8, 4) is 17.7 Å². The molecule has 1 aliphatic heterocycles. The molecule has 7 nitrogen and oxygen atoms in total. The first-order valence-corrected chi connectivity index (χ1v) is 9.93. The summed E-state index contributed by atoms with van der Waals surface area (Å²) in [6.07, 6.45) is 4.65. The third kappa shape index (κ3) is 4.06. The first kappa shape index (κ1) is 20.1. The molecule has 3 heterocycles. The second-order valence-corrected chi connectivity index (χ2v) is 7.34. The molecule has 2 aromatic heterocycles. The van der Waals surface area contributed by atoms with Gasteiger partial charge in [-0.15, -0.1) is 0 Å². The Balaban J connectivity index is 1.42. The van der Waals surface area contributed by atoms with E-state index in [9.17, 15) is 10.1 Å². The molecule has 0 radical (unpaired) electrons. The Morgan fingerprint density at radius 1 is 1.17 bits per heavy atom. The summed E-state index contributed by atoms with van der Waals surface area (Å²) in [5, 5.41) is 10.2. The van der Waals surface area contributed by atoms with Crippen LogP contribution in [0.2, 0.25) is 10.0 Å². The van der Waals surface area contributed by atoms with Gasteiger partial charge in [0, 0.05) is 32.3 Å². The van der Waals surface area contributed by atoms with E-state index in [1.165, 1.54) is 12.3 Å². The van der Waals surface area contributed by atoms with Gasteiger partial charge in [0.1, 0.15) is 6.07 Å². The summed E-state index contributed by atoms with van der Waals surface area (Å²) >= 11 is 12.2. The van der Waals surface area contributed by atoms with Crippen molar-refractivity contribution in [1.82, 2.24) is 9.88 Å². The van der Waals surface area contributed by atoms with Crippen molar-refractivity contribution in [3.05, 3.63) is 64.0 Å². The van der Waals surface area contributed by atoms with Crippen LogP contribution in [0.1, 0.15) is 11.3 Å². The molecule has 9 heteroatoms. The maximum Gasteiger partial charge on any atom is 0.266 e. The molecule has 1 aromatic carbocycles. The molecule has 0 spiro atoms. The number of benzene rings is 1. The lowest BCUT2D eigenvalue weighted by molar-refractivity contribution is -0.126. The molecule has 152 valence electrons. The Bertz CT molecular complexity index is 1120. The van der Waals surface area contributed by atoms with E-state index in [1.807, 2.05) is 4.90 Å². The molecule has 1 amide bonds. The number of anilines is 1. The number of piperazine rings is 1. The van der Waals surface area contributed by atoms with Crippen LogP contribution in [-0.4, -0.2) is 42.0 Å². The normalized spacial score (nSPS) is 14.3. The zero-order valence-corrected chi connectivity index (χ0v) is 17.2. The minimum absolute atomic E-state index is 0.125. The van der Waals surface area contributed by atoms with Crippen molar-refractivity contribution in [2.45, 2.75) is 0 Å². The van der Waals surface area contributed by atoms with Crippen LogP contribution in [0.5, 0.6) is 0 Å². The van der Waals surface area contributed by atoms with Crippen molar-refractivity contribution in [2.24, 2.45) is 0 Å². The number of nitrogens with zero attached hydrogens (tertiary/aromatic N) is 4. The summed E-state index contributed by atoms with van der Waals surface area (Å²) in [6, 6.07) is 10.8. The summed E-state index contributed by atoms with van der Waals surface area (Å²) in [7, 11) is 0. The largest absolute Gasteiger partial charge is 0.459 e. The number of hydrogen-bond donors (Lipinski definition) is 0. The number of amides is 1. The van der Waals surface area contributed by atoms with Gasteiger partial charge in [-0.05, 0) is 29.8 Å². The van der Waals surface area contributed by atoms with Crippen molar-refractivity contribution < 1.29 is 13.6 Å². The summed E-state index contributed by atoms with van der Waals surface area (Å²) in [4.78, 5) is 20.4. The van der Waals surface area contributed by atoms with E-state index in [1.54, 1.807) is 41.3 Å². The lowest BCUT2D eigenvalue weighted by Gasteiger charge is -2.33. The molecule has 0 unspecified atom stereocenters. The Hall–Kier alpha value is -3.21. The molecule has 3 aromatic rings. The number of hydrogen-bond acceptors (Lipinski definition) is 6. The maximum absolute atomic E-state index is 12.5. The Morgan fingerprint density at radius 2 is 1.97 bits per heavy atom. The second kappa shape index (κ2) is 8.66. The van der Waals surface area contributed by atoms with Crippen LogP contribution < -0.4 is 4.90 Å². The van der Waals surface area contributed by atoms with Crippen LogP contribution in [0.15, 0.2) is 51.5 Å². The van der Waals surface area contributed by atoms with Gasteiger partial charge in [0.25, 0.3) is 5.89 Å². The molecule has 0 bridgehead atoms. The quantitative estimate of drug-likeness (QED) is 0.553. The van der Waals surface area contributed by atoms with E-state index in [-0.39, 0.29) is 17.5 Å². The lowest BCUT2D eigenvalue weighted by atomic mass is 10.2. The molecule has 0 aliphatic carbocycles. The molecule has 4 rings (SSSR count). The van der Waals surface area contributed by atoms with Crippen LogP contribution in [0, 0.1) is 11.3 Å². The molecular formula is C21H16Cl2N4O3. The smallest absolute Gasteiger partial charge is 0.266 e. The monoisotopic (exact) mass is 442 g/mol. The minimum Gasteiger partial charge on any atom is -0.459 e. The number of halogens is 2. The number of carbonyl (C=O) groups excluding carboxylic acids is 1. The number of furan rings is 1. The lowest BCUT2D eigenvalue weighted by Crippen LogP contribution is -2.48. The standard InChI is InChI=1S/C21H16Cl2N4O3/c22-15-4-1-3-14(19(15)23)6-7-18(28)26-8-10-27(11-9-26)21-16(13-24)25-20(30-21)17-5-2-12-29-17/h1-7,12H,8-11H2/b7-6+. The Kier molecular flexibility index (Phi) is 5.79. The van der Waals surface area contributed by atoms with Gasteiger partial charge in [0.05, 0.1) is 16.3 Å². The summed E-state index contributed by atoms with van der Waals surface area (Å²) in [5.74, 6) is 0.972. The highest BCUT2D eigenvalue weighted by Gasteiger charge is 2.26. The van der Waals surface area contributed by atoms with Gasteiger partial charge < -0.3 is 18.6 Å². The molecule has 30 heavy (non-hydrogen) atoms. The number of carbonyl (C=O) groups is 1. The average Bonchev–Trinajstić information content (AvgIpc) is 3.44. The van der Waals surface area contributed by atoms with Crippen molar-refractivity contribution in [2.75, 3.05) is 31.1 Å². The highest BCUT2D eigenvalue weighted by atomic mass is 35.5. The van der Waals surface area contributed by atoms with Crippen LogP contribution in [0.4, 0.5) is 5.88 Å². The van der Waals surface area contributed by atoms with Gasteiger partial charge in [0.15, 0.2) is 5.76 Å². The third-order valence-corrected chi connectivity index (χ3v) is 5.55. The van der Waals surface area contributed by atoms with Crippen LogP contribution in [0.25, 0.3) is 17.7 Å². The van der Waals surface area contributed by atoms with Gasteiger partial charge in [0.2, 0.25) is 17.5 Å². The molecule has 0 saturated carbocycles. The number of aromatic nitrogens is 1. The van der Waals surface area contributed by atoms with E-state index in [4.69, 9.17) is 32.0 Å². The minimum atomic E-state index is -0.125. The van der Waals surface area contributed by atoms with Gasteiger partial charge >= 0.3 is 0 Å². The summed E-state index contributed by atoms with van der Waals surface area (Å²) in [5.41, 5.74) is 0.874. The van der Waals surface area contributed by atoms with E-state index >= 15 is 0 Å². The van der Waals surface area contributed by atoms with Crippen molar-refractivity contribution in [1.29, 1.82) is 5.26 Å². The van der Waals surface area contributed by atoms with Gasteiger partial charge in [-0.2, -0.15) is 10.2 Å². The fraction of sp³-hybridized carbons (Fsp3) is 0.190. The molecule has 1 fully saturated rings. The number of nitriles is 1. The second-order valence-electron chi connectivity index (χ2n) is 6.55. The molecule has 1 saturated heterocycles. The fourth-order valence-corrected chi connectivity index (χ4v) is 3.52. The first-order chi connectivity index (χ1) is 14.6. The highest BCUT2D eigenvalue weighted by molar-refractivity contribution is 6.42. The Labute approximate surface area is 182 Å². The topological polar surface area (TPSA) is 86.5 Å². The van der Waals surface area contributed by atoms with E-state index in [0.717, 1.165) is 0 Å². The van der Waals surface area contributed by atoms with E-state index in [2.05, 4.69) is 11.1 Å². The predicted octanol–water partition coefficient (Wildman–Crippen LogP) is 4.48. The van der Waals surface area contributed by atoms with Crippen molar-refractivity contribution >= 4 is 41.1 Å².